The molecule has 5 heteroatoms. The molecule has 3 aromatic carbocycles. The molecule has 3 aromatic rings. The van der Waals surface area contributed by atoms with E-state index in [-0.39, 0.29) is 17.2 Å². The maximum Gasteiger partial charge on any atom is 0.419 e. The van der Waals surface area contributed by atoms with E-state index in [9.17, 15) is 13.2 Å². The van der Waals surface area contributed by atoms with E-state index in [1.165, 1.54) is 12.1 Å². The molecule has 1 nitrogen and oxygen atoms in total. The van der Waals surface area contributed by atoms with Gasteiger partial charge in [-0.3, -0.25) is 0 Å². The number of benzene rings is 3. The minimum Gasteiger partial charge on any atom is -0.373 e. The fourth-order valence-corrected chi connectivity index (χ4v) is 4.63. The minimum atomic E-state index is -4.82. The largest absolute Gasteiger partial charge is 0.419 e. The molecule has 0 aliphatic carbocycles. The van der Waals surface area contributed by atoms with Crippen LogP contribution in [0.4, 0.5) is 17.6 Å². The van der Waals surface area contributed by atoms with Gasteiger partial charge in [0.2, 0.25) is 0 Å². The van der Waals surface area contributed by atoms with Crippen LogP contribution in [-0.2, 0) is 10.9 Å². The highest BCUT2D eigenvalue weighted by Gasteiger charge is 2.38. The standard InChI is InChI=1S/C28H28F4O/c1-3-4-19-7-16-25(33-17-19)22-12-10-20(11-13-22)23-14-15-24(21-8-5-18(2)6-9-21)27(29)26(23)28(30,31)32/h5-6,8-15,19,25H,3-4,7,16-17H2,1-2H3. The number of hydrogen-bond acceptors (Lipinski definition) is 1. The third-order valence-electron chi connectivity index (χ3n) is 6.45. The Morgan fingerprint density at radius 2 is 1.45 bits per heavy atom. The first-order chi connectivity index (χ1) is 15.8. The highest BCUT2D eigenvalue weighted by atomic mass is 19.4. The van der Waals surface area contributed by atoms with E-state index in [4.69, 9.17) is 4.74 Å². The normalized spacial score (nSPS) is 19.0. The molecule has 1 aliphatic heterocycles. The molecule has 0 amide bonds. The van der Waals surface area contributed by atoms with Crippen molar-refractivity contribution in [2.45, 2.75) is 51.8 Å². The number of ether oxygens (including phenoxy) is 1. The minimum absolute atomic E-state index is 0.0464. The van der Waals surface area contributed by atoms with Gasteiger partial charge in [0.05, 0.1) is 18.3 Å². The maximum atomic E-state index is 15.2. The summed E-state index contributed by atoms with van der Waals surface area (Å²) < 4.78 is 63.1. The Kier molecular flexibility index (Phi) is 6.89. The Bertz CT molecular complexity index is 1080. The van der Waals surface area contributed by atoms with E-state index in [1.54, 1.807) is 48.5 Å². The smallest absolute Gasteiger partial charge is 0.373 e. The summed E-state index contributed by atoms with van der Waals surface area (Å²) >= 11 is 0. The zero-order valence-electron chi connectivity index (χ0n) is 18.9. The Balaban J connectivity index is 1.65. The van der Waals surface area contributed by atoms with Gasteiger partial charge < -0.3 is 4.74 Å². The van der Waals surface area contributed by atoms with Crippen molar-refractivity contribution in [3.8, 4) is 22.3 Å². The first-order valence-electron chi connectivity index (χ1n) is 11.5. The monoisotopic (exact) mass is 456 g/mol. The molecule has 2 unspecified atom stereocenters. The second kappa shape index (κ2) is 9.68. The molecule has 0 saturated carbocycles. The van der Waals surface area contributed by atoms with E-state index >= 15 is 4.39 Å². The Morgan fingerprint density at radius 1 is 0.848 bits per heavy atom. The third-order valence-corrected chi connectivity index (χ3v) is 6.45. The van der Waals surface area contributed by atoms with Crippen LogP contribution in [0.1, 0.15) is 55.4 Å². The van der Waals surface area contributed by atoms with Crippen LogP contribution in [0.3, 0.4) is 0 Å². The number of aryl methyl sites for hydroxylation is 1. The van der Waals surface area contributed by atoms with Gasteiger partial charge in [0.25, 0.3) is 0 Å². The Hall–Kier alpha value is -2.66. The van der Waals surface area contributed by atoms with Crippen LogP contribution < -0.4 is 0 Å². The van der Waals surface area contributed by atoms with Crippen molar-refractivity contribution in [2.75, 3.05) is 6.61 Å². The molecule has 0 spiro atoms. The molecular weight excluding hydrogens is 428 g/mol. The number of rotatable bonds is 5. The zero-order chi connectivity index (χ0) is 23.6. The van der Waals surface area contributed by atoms with Gasteiger partial charge >= 0.3 is 6.18 Å². The lowest BCUT2D eigenvalue weighted by Gasteiger charge is -2.29. The van der Waals surface area contributed by atoms with Crippen molar-refractivity contribution >= 4 is 0 Å². The SMILES string of the molecule is CCCC1CCC(c2ccc(-c3ccc(-c4ccc(C)cc4)c(F)c3C(F)(F)F)cc2)OC1. The predicted octanol–water partition coefficient (Wildman–Crippen LogP) is 8.75. The van der Waals surface area contributed by atoms with Crippen LogP contribution in [0.25, 0.3) is 22.3 Å². The highest BCUT2D eigenvalue weighted by Crippen LogP contribution is 2.42. The van der Waals surface area contributed by atoms with Gasteiger partial charge in [-0.25, -0.2) is 4.39 Å². The summed E-state index contributed by atoms with van der Waals surface area (Å²) in [4.78, 5) is 0. The van der Waals surface area contributed by atoms with Gasteiger partial charge in [-0.2, -0.15) is 13.2 Å². The third kappa shape index (κ3) is 5.14. The molecule has 1 fully saturated rings. The highest BCUT2D eigenvalue weighted by molar-refractivity contribution is 5.75. The van der Waals surface area contributed by atoms with Crippen LogP contribution in [0, 0.1) is 18.7 Å². The van der Waals surface area contributed by atoms with Gasteiger partial charge in [-0.15, -0.1) is 0 Å². The average Bonchev–Trinajstić information content (AvgIpc) is 2.80. The van der Waals surface area contributed by atoms with Crippen LogP contribution in [0.5, 0.6) is 0 Å². The summed E-state index contributed by atoms with van der Waals surface area (Å²) in [6, 6.07) is 16.4. The van der Waals surface area contributed by atoms with E-state index < -0.39 is 17.6 Å². The molecule has 0 N–H and O–H groups in total. The second-order valence-electron chi connectivity index (χ2n) is 8.89. The van der Waals surface area contributed by atoms with Gasteiger partial charge in [0.15, 0.2) is 0 Å². The molecule has 1 aliphatic rings. The van der Waals surface area contributed by atoms with Crippen molar-refractivity contribution in [3.05, 3.63) is 83.2 Å². The van der Waals surface area contributed by atoms with Crippen molar-refractivity contribution in [1.29, 1.82) is 0 Å². The van der Waals surface area contributed by atoms with Crippen LogP contribution >= 0.6 is 0 Å². The van der Waals surface area contributed by atoms with Gasteiger partial charge in [0.1, 0.15) is 5.82 Å². The fourth-order valence-electron chi connectivity index (χ4n) is 4.63. The maximum absolute atomic E-state index is 15.2. The molecule has 0 bridgehead atoms. The quantitative estimate of drug-likeness (QED) is 0.349. The molecule has 2 atom stereocenters. The van der Waals surface area contributed by atoms with Gasteiger partial charge in [-0.05, 0) is 54.4 Å². The van der Waals surface area contributed by atoms with Gasteiger partial charge in [0, 0.05) is 5.56 Å². The summed E-state index contributed by atoms with van der Waals surface area (Å²) in [5, 5.41) is 0. The Morgan fingerprint density at radius 3 is 2.03 bits per heavy atom. The summed E-state index contributed by atoms with van der Waals surface area (Å²) in [7, 11) is 0. The number of alkyl halides is 3. The Labute approximate surface area is 192 Å². The molecular formula is C28H28F4O. The summed E-state index contributed by atoms with van der Waals surface area (Å²) in [6.07, 6.45) is -0.596. The van der Waals surface area contributed by atoms with Gasteiger partial charge in [-0.1, -0.05) is 79.6 Å². The molecule has 174 valence electrons. The zero-order valence-corrected chi connectivity index (χ0v) is 18.9. The van der Waals surface area contributed by atoms with Crippen molar-refractivity contribution in [2.24, 2.45) is 5.92 Å². The summed E-state index contributed by atoms with van der Waals surface area (Å²) in [5.41, 5.74) is 1.20. The lowest BCUT2D eigenvalue weighted by atomic mass is 9.90. The molecule has 33 heavy (non-hydrogen) atoms. The summed E-state index contributed by atoms with van der Waals surface area (Å²) in [6.45, 7) is 4.75. The van der Waals surface area contributed by atoms with E-state index in [0.29, 0.717) is 23.7 Å². The lowest BCUT2D eigenvalue weighted by molar-refractivity contribution is -0.139. The van der Waals surface area contributed by atoms with E-state index in [1.807, 2.05) is 6.92 Å². The first-order valence-corrected chi connectivity index (χ1v) is 11.5. The van der Waals surface area contributed by atoms with Crippen molar-refractivity contribution < 1.29 is 22.3 Å². The van der Waals surface area contributed by atoms with E-state index in [2.05, 4.69) is 6.92 Å². The molecule has 1 saturated heterocycles. The average molecular weight is 457 g/mol. The molecule has 0 radical (unpaired) electrons. The molecule has 0 aromatic heterocycles. The second-order valence-corrected chi connectivity index (χ2v) is 8.89. The predicted molar refractivity (Wildman–Crippen MR) is 123 cm³/mol. The van der Waals surface area contributed by atoms with E-state index in [0.717, 1.165) is 36.8 Å². The van der Waals surface area contributed by atoms with Crippen molar-refractivity contribution in [1.82, 2.24) is 0 Å². The number of halogens is 4. The molecule has 1 heterocycles. The van der Waals surface area contributed by atoms with Crippen LogP contribution in [-0.4, -0.2) is 6.61 Å². The topological polar surface area (TPSA) is 9.23 Å². The van der Waals surface area contributed by atoms with Crippen molar-refractivity contribution in [3.63, 3.8) is 0 Å². The first kappa shape index (κ1) is 23.5. The van der Waals surface area contributed by atoms with Crippen LogP contribution in [0.2, 0.25) is 0 Å². The number of hydrogen-bond donors (Lipinski definition) is 0. The summed E-state index contributed by atoms with van der Waals surface area (Å²) in [5.74, 6) is -0.666. The molecule has 4 rings (SSSR count). The van der Waals surface area contributed by atoms with Crippen LogP contribution in [0.15, 0.2) is 60.7 Å². The fraction of sp³-hybridized carbons (Fsp3) is 0.357. The lowest BCUT2D eigenvalue weighted by Crippen LogP contribution is -2.20.